The molecule has 2 atom stereocenters. The van der Waals surface area contributed by atoms with Gasteiger partial charge in [0.05, 0.1) is 0 Å². The van der Waals surface area contributed by atoms with Gasteiger partial charge in [-0.15, -0.1) is 0 Å². The van der Waals surface area contributed by atoms with Gasteiger partial charge in [0, 0.05) is 19.8 Å². The van der Waals surface area contributed by atoms with Gasteiger partial charge < -0.3 is 10.1 Å². The van der Waals surface area contributed by atoms with E-state index in [2.05, 4.69) is 49.5 Å². The van der Waals surface area contributed by atoms with Crippen LogP contribution >= 0.6 is 0 Å². The molecule has 0 heterocycles. The van der Waals surface area contributed by atoms with Crippen LogP contribution in [0.1, 0.15) is 32.3 Å². The first-order valence-corrected chi connectivity index (χ1v) is 7.04. The van der Waals surface area contributed by atoms with Crippen molar-refractivity contribution in [2.45, 2.75) is 39.2 Å². The van der Waals surface area contributed by atoms with Crippen LogP contribution in [0, 0.1) is 5.92 Å². The van der Waals surface area contributed by atoms with Gasteiger partial charge in [0.2, 0.25) is 0 Å². The molecule has 0 saturated heterocycles. The minimum absolute atomic E-state index is 0.588. The molecule has 2 heteroatoms. The van der Waals surface area contributed by atoms with Crippen LogP contribution in [-0.4, -0.2) is 26.3 Å². The van der Waals surface area contributed by atoms with Crippen molar-refractivity contribution < 1.29 is 4.74 Å². The van der Waals surface area contributed by atoms with Gasteiger partial charge in [0.1, 0.15) is 0 Å². The minimum atomic E-state index is 0.588. The van der Waals surface area contributed by atoms with Gasteiger partial charge in [0.15, 0.2) is 0 Å². The zero-order valence-electron chi connectivity index (χ0n) is 12.0. The molecule has 1 rings (SSSR count). The van der Waals surface area contributed by atoms with Gasteiger partial charge in [-0.25, -0.2) is 0 Å². The third-order valence-corrected chi connectivity index (χ3v) is 3.52. The molecular formula is C16H27NO. The van der Waals surface area contributed by atoms with Crippen molar-refractivity contribution in [3.63, 3.8) is 0 Å². The van der Waals surface area contributed by atoms with Crippen molar-refractivity contribution in [2.75, 3.05) is 20.3 Å². The Morgan fingerprint density at radius 1 is 1.17 bits per heavy atom. The highest BCUT2D eigenvalue weighted by Gasteiger charge is 2.15. The van der Waals surface area contributed by atoms with Gasteiger partial charge in [-0.2, -0.15) is 0 Å². The number of methoxy groups -OCH3 is 1. The molecule has 0 saturated carbocycles. The van der Waals surface area contributed by atoms with Crippen molar-refractivity contribution >= 4 is 0 Å². The van der Waals surface area contributed by atoms with Gasteiger partial charge in [-0.3, -0.25) is 0 Å². The van der Waals surface area contributed by atoms with Crippen LogP contribution in [-0.2, 0) is 11.2 Å². The van der Waals surface area contributed by atoms with Crippen LogP contribution < -0.4 is 5.32 Å². The maximum atomic E-state index is 5.18. The fourth-order valence-electron chi connectivity index (χ4n) is 2.32. The second-order valence-electron chi connectivity index (χ2n) is 4.95. The summed E-state index contributed by atoms with van der Waals surface area (Å²) in [7, 11) is 1.78. The quantitative estimate of drug-likeness (QED) is 0.725. The largest absolute Gasteiger partial charge is 0.385 e. The summed E-state index contributed by atoms with van der Waals surface area (Å²) in [6, 6.07) is 11.3. The summed E-state index contributed by atoms with van der Waals surface area (Å²) in [5, 5.41) is 3.61. The first-order chi connectivity index (χ1) is 8.77. The monoisotopic (exact) mass is 249 g/mol. The van der Waals surface area contributed by atoms with E-state index in [9.17, 15) is 0 Å². The van der Waals surface area contributed by atoms with Crippen molar-refractivity contribution in [3.8, 4) is 0 Å². The topological polar surface area (TPSA) is 21.3 Å². The average Bonchev–Trinajstić information content (AvgIpc) is 2.42. The average molecular weight is 249 g/mol. The Bertz CT molecular complexity index is 299. The smallest absolute Gasteiger partial charge is 0.0465 e. The molecular weight excluding hydrogens is 222 g/mol. The number of ether oxygens (including phenoxy) is 1. The standard InChI is InChI=1S/C16H27NO/c1-4-17-16(14(2)12-13-18-3)11-10-15-8-6-5-7-9-15/h5-9,14,16-17H,4,10-13H2,1-3H3. The molecule has 1 aromatic carbocycles. The van der Waals surface area contributed by atoms with E-state index >= 15 is 0 Å². The van der Waals surface area contributed by atoms with Crippen LogP contribution in [0.5, 0.6) is 0 Å². The maximum absolute atomic E-state index is 5.18. The fraction of sp³-hybridized carbons (Fsp3) is 0.625. The van der Waals surface area contributed by atoms with Crippen LogP contribution in [0.3, 0.4) is 0 Å². The summed E-state index contributed by atoms with van der Waals surface area (Å²) < 4.78 is 5.18. The van der Waals surface area contributed by atoms with Crippen molar-refractivity contribution in [3.05, 3.63) is 35.9 Å². The molecule has 102 valence electrons. The van der Waals surface area contributed by atoms with Gasteiger partial charge in [0.25, 0.3) is 0 Å². The van der Waals surface area contributed by atoms with E-state index in [0.717, 1.165) is 26.0 Å². The summed E-state index contributed by atoms with van der Waals surface area (Å²) in [6.07, 6.45) is 3.47. The Kier molecular flexibility index (Phi) is 7.70. The molecule has 0 aliphatic carbocycles. The third kappa shape index (κ3) is 5.65. The lowest BCUT2D eigenvalue weighted by Crippen LogP contribution is -2.35. The highest BCUT2D eigenvalue weighted by Crippen LogP contribution is 2.14. The molecule has 0 spiro atoms. The zero-order chi connectivity index (χ0) is 13.2. The molecule has 2 unspecified atom stereocenters. The lowest BCUT2D eigenvalue weighted by molar-refractivity contribution is 0.169. The van der Waals surface area contributed by atoms with Gasteiger partial charge >= 0.3 is 0 Å². The molecule has 1 N–H and O–H groups in total. The fourth-order valence-corrected chi connectivity index (χ4v) is 2.32. The van der Waals surface area contributed by atoms with Gasteiger partial charge in [-0.05, 0) is 37.3 Å². The van der Waals surface area contributed by atoms with E-state index in [-0.39, 0.29) is 0 Å². The SMILES string of the molecule is CCNC(CCc1ccccc1)C(C)CCOC. The maximum Gasteiger partial charge on any atom is 0.0465 e. The minimum Gasteiger partial charge on any atom is -0.385 e. The van der Waals surface area contributed by atoms with E-state index in [1.807, 2.05) is 0 Å². The second kappa shape index (κ2) is 9.12. The highest BCUT2D eigenvalue weighted by atomic mass is 16.5. The summed E-state index contributed by atoms with van der Waals surface area (Å²) in [5.74, 6) is 0.661. The third-order valence-electron chi connectivity index (χ3n) is 3.52. The molecule has 0 bridgehead atoms. The predicted octanol–water partition coefficient (Wildman–Crippen LogP) is 3.27. The Hall–Kier alpha value is -0.860. The Labute approximate surface area is 112 Å². The lowest BCUT2D eigenvalue weighted by Gasteiger charge is -2.24. The molecule has 0 aliphatic heterocycles. The first-order valence-electron chi connectivity index (χ1n) is 7.04. The van der Waals surface area contributed by atoms with Gasteiger partial charge in [-0.1, -0.05) is 44.2 Å². The number of aryl methyl sites for hydroxylation is 1. The first kappa shape index (κ1) is 15.2. The van der Waals surface area contributed by atoms with Crippen LogP contribution in [0.25, 0.3) is 0 Å². The Morgan fingerprint density at radius 2 is 1.89 bits per heavy atom. The molecule has 0 amide bonds. The van der Waals surface area contributed by atoms with Crippen molar-refractivity contribution in [2.24, 2.45) is 5.92 Å². The second-order valence-corrected chi connectivity index (χ2v) is 4.95. The Balaban J connectivity index is 2.41. The van der Waals surface area contributed by atoms with Crippen LogP contribution in [0.15, 0.2) is 30.3 Å². The summed E-state index contributed by atoms with van der Waals surface area (Å²) in [4.78, 5) is 0. The summed E-state index contributed by atoms with van der Waals surface area (Å²) >= 11 is 0. The van der Waals surface area contributed by atoms with E-state index in [1.165, 1.54) is 12.0 Å². The van der Waals surface area contributed by atoms with Crippen molar-refractivity contribution in [1.29, 1.82) is 0 Å². The van der Waals surface area contributed by atoms with E-state index in [0.29, 0.717) is 12.0 Å². The summed E-state index contributed by atoms with van der Waals surface area (Å²) in [5.41, 5.74) is 1.43. The lowest BCUT2D eigenvalue weighted by atomic mass is 9.93. The predicted molar refractivity (Wildman–Crippen MR) is 77.9 cm³/mol. The van der Waals surface area contributed by atoms with E-state index in [4.69, 9.17) is 4.74 Å². The van der Waals surface area contributed by atoms with Crippen LogP contribution in [0.4, 0.5) is 0 Å². The van der Waals surface area contributed by atoms with E-state index < -0.39 is 0 Å². The normalized spacial score (nSPS) is 14.4. The number of rotatable bonds is 9. The molecule has 0 fully saturated rings. The number of nitrogens with one attached hydrogen (secondary N) is 1. The molecule has 0 aromatic heterocycles. The number of hydrogen-bond donors (Lipinski definition) is 1. The number of benzene rings is 1. The molecule has 18 heavy (non-hydrogen) atoms. The highest BCUT2D eigenvalue weighted by molar-refractivity contribution is 5.14. The summed E-state index contributed by atoms with van der Waals surface area (Å²) in [6.45, 7) is 6.39. The molecule has 0 radical (unpaired) electrons. The zero-order valence-corrected chi connectivity index (χ0v) is 12.0. The van der Waals surface area contributed by atoms with E-state index in [1.54, 1.807) is 7.11 Å². The molecule has 1 aromatic rings. The van der Waals surface area contributed by atoms with Crippen LogP contribution in [0.2, 0.25) is 0 Å². The number of hydrogen-bond acceptors (Lipinski definition) is 2. The Morgan fingerprint density at radius 3 is 2.50 bits per heavy atom. The molecule has 0 aliphatic rings. The van der Waals surface area contributed by atoms with Crippen molar-refractivity contribution in [1.82, 2.24) is 5.32 Å². The molecule has 2 nitrogen and oxygen atoms in total.